The van der Waals surface area contributed by atoms with Crippen LogP contribution in [-0.2, 0) is 12.8 Å². The zero-order valence-corrected chi connectivity index (χ0v) is 13.0. The first-order valence-corrected chi connectivity index (χ1v) is 8.34. The van der Waals surface area contributed by atoms with Gasteiger partial charge in [-0.2, -0.15) is 0 Å². The summed E-state index contributed by atoms with van der Waals surface area (Å²) in [7, 11) is 0. The summed E-state index contributed by atoms with van der Waals surface area (Å²) < 4.78 is 0. The molecule has 2 aliphatic carbocycles. The Morgan fingerprint density at radius 3 is 2.67 bits per heavy atom. The molecule has 1 aromatic heterocycles. The predicted octanol–water partition coefficient (Wildman–Crippen LogP) is 3.01. The highest BCUT2D eigenvalue weighted by molar-refractivity contribution is 6.00. The average molecular weight is 286 g/mol. The molecule has 0 amide bonds. The Morgan fingerprint density at radius 2 is 2.00 bits per heavy atom. The van der Waals surface area contributed by atoms with E-state index in [2.05, 4.69) is 17.9 Å². The maximum Gasteiger partial charge on any atom is 0.140 e. The van der Waals surface area contributed by atoms with Crippen molar-refractivity contribution in [1.82, 2.24) is 4.98 Å². The van der Waals surface area contributed by atoms with Crippen molar-refractivity contribution in [3.05, 3.63) is 22.9 Å². The number of nitrogens with one attached hydrogen (secondary N) is 1. The molecule has 0 spiro atoms. The summed E-state index contributed by atoms with van der Waals surface area (Å²) in [4.78, 5) is 7.34. The molecule has 0 bridgehead atoms. The molecule has 0 aliphatic heterocycles. The molecule has 0 radical (unpaired) electrons. The number of rotatable bonds is 4. The minimum Gasteiger partial charge on any atom is -0.384 e. The average Bonchev–Trinajstić information content (AvgIpc) is 3.01. The third-order valence-corrected chi connectivity index (χ3v) is 4.95. The van der Waals surface area contributed by atoms with Crippen molar-refractivity contribution in [2.75, 3.05) is 11.4 Å². The summed E-state index contributed by atoms with van der Waals surface area (Å²) in [6.07, 6.45) is 9.71. The first-order valence-electron chi connectivity index (χ1n) is 8.34. The maximum absolute atomic E-state index is 7.94. The van der Waals surface area contributed by atoms with Gasteiger partial charge in [-0.25, -0.2) is 4.98 Å². The van der Waals surface area contributed by atoms with Crippen LogP contribution in [0.5, 0.6) is 0 Å². The van der Waals surface area contributed by atoms with E-state index in [9.17, 15) is 0 Å². The van der Waals surface area contributed by atoms with Gasteiger partial charge in [0.1, 0.15) is 11.7 Å². The second-order valence-corrected chi connectivity index (χ2v) is 6.31. The fraction of sp³-hybridized carbons (Fsp3) is 0.647. The quantitative estimate of drug-likeness (QED) is 0.660. The number of nitrogens with two attached hydrogens (primary N) is 1. The molecule has 0 unspecified atom stereocenters. The molecule has 1 fully saturated rings. The van der Waals surface area contributed by atoms with Crippen molar-refractivity contribution >= 4 is 11.7 Å². The third-order valence-electron chi connectivity index (χ3n) is 4.95. The van der Waals surface area contributed by atoms with Crippen molar-refractivity contribution < 1.29 is 0 Å². The SMILES string of the molecule is CCN(c1nc2c(cc1C(=N)N)CCCC2)C1CCCC1. The van der Waals surface area contributed by atoms with Gasteiger partial charge in [-0.15, -0.1) is 0 Å². The van der Waals surface area contributed by atoms with Crippen LogP contribution in [0.3, 0.4) is 0 Å². The van der Waals surface area contributed by atoms with Crippen molar-refractivity contribution in [2.24, 2.45) is 5.73 Å². The summed E-state index contributed by atoms with van der Waals surface area (Å²) in [5.41, 5.74) is 9.23. The lowest BCUT2D eigenvalue weighted by Gasteiger charge is -2.31. The molecular formula is C17H26N4. The van der Waals surface area contributed by atoms with Crippen LogP contribution in [0.4, 0.5) is 5.82 Å². The van der Waals surface area contributed by atoms with Gasteiger partial charge in [0.2, 0.25) is 0 Å². The number of fused-ring (bicyclic) bond motifs is 1. The van der Waals surface area contributed by atoms with Gasteiger partial charge in [0.05, 0.1) is 5.56 Å². The van der Waals surface area contributed by atoms with Gasteiger partial charge in [-0.1, -0.05) is 12.8 Å². The fourth-order valence-corrected chi connectivity index (χ4v) is 3.84. The molecule has 114 valence electrons. The number of nitrogens with zero attached hydrogens (tertiary/aromatic N) is 2. The van der Waals surface area contributed by atoms with E-state index in [1.54, 1.807) is 0 Å². The lowest BCUT2D eigenvalue weighted by Crippen LogP contribution is -2.36. The van der Waals surface area contributed by atoms with E-state index in [4.69, 9.17) is 16.1 Å². The lowest BCUT2D eigenvalue weighted by atomic mass is 9.94. The highest BCUT2D eigenvalue weighted by atomic mass is 15.2. The Hall–Kier alpha value is -1.58. The molecule has 0 atom stereocenters. The number of aromatic nitrogens is 1. The molecule has 1 saturated carbocycles. The Bertz CT molecular complexity index is 532. The Labute approximate surface area is 127 Å². The second kappa shape index (κ2) is 6.04. The van der Waals surface area contributed by atoms with Gasteiger partial charge in [0.25, 0.3) is 0 Å². The van der Waals surface area contributed by atoms with Crippen molar-refractivity contribution in [2.45, 2.75) is 64.3 Å². The van der Waals surface area contributed by atoms with Crippen LogP contribution in [0.25, 0.3) is 0 Å². The number of aryl methyl sites for hydroxylation is 2. The summed E-state index contributed by atoms with van der Waals surface area (Å²) in [6, 6.07) is 2.71. The molecule has 2 aliphatic rings. The van der Waals surface area contributed by atoms with Crippen LogP contribution in [0.2, 0.25) is 0 Å². The fourth-order valence-electron chi connectivity index (χ4n) is 3.84. The number of nitrogen functional groups attached to an aromatic ring is 1. The van der Waals surface area contributed by atoms with E-state index in [0.717, 1.165) is 30.8 Å². The van der Waals surface area contributed by atoms with Crippen LogP contribution in [0, 0.1) is 5.41 Å². The van der Waals surface area contributed by atoms with E-state index in [1.807, 2.05) is 0 Å². The number of hydrogen-bond acceptors (Lipinski definition) is 3. The van der Waals surface area contributed by atoms with Gasteiger partial charge in [-0.05, 0) is 57.1 Å². The molecule has 3 rings (SSSR count). The van der Waals surface area contributed by atoms with E-state index in [1.165, 1.54) is 49.8 Å². The topological polar surface area (TPSA) is 66.0 Å². The first-order chi connectivity index (χ1) is 10.2. The van der Waals surface area contributed by atoms with E-state index < -0.39 is 0 Å². The minimum atomic E-state index is 0.155. The molecule has 1 aromatic rings. The summed E-state index contributed by atoms with van der Waals surface area (Å²) in [5.74, 6) is 1.11. The van der Waals surface area contributed by atoms with E-state index >= 15 is 0 Å². The molecule has 0 aromatic carbocycles. The lowest BCUT2D eigenvalue weighted by molar-refractivity contribution is 0.605. The number of amidine groups is 1. The molecule has 1 heterocycles. The molecule has 21 heavy (non-hydrogen) atoms. The van der Waals surface area contributed by atoms with Crippen LogP contribution in [-0.4, -0.2) is 23.4 Å². The first kappa shape index (κ1) is 14.4. The van der Waals surface area contributed by atoms with Gasteiger partial charge >= 0.3 is 0 Å². The number of hydrogen-bond donors (Lipinski definition) is 2. The molecule has 4 nitrogen and oxygen atoms in total. The Morgan fingerprint density at radius 1 is 1.29 bits per heavy atom. The van der Waals surface area contributed by atoms with Crippen LogP contribution < -0.4 is 10.6 Å². The highest BCUT2D eigenvalue weighted by Gasteiger charge is 2.26. The van der Waals surface area contributed by atoms with Gasteiger partial charge in [0.15, 0.2) is 0 Å². The van der Waals surface area contributed by atoms with E-state index in [0.29, 0.717) is 6.04 Å². The van der Waals surface area contributed by atoms with E-state index in [-0.39, 0.29) is 5.84 Å². The van der Waals surface area contributed by atoms with Crippen LogP contribution in [0.15, 0.2) is 6.07 Å². The summed E-state index contributed by atoms with van der Waals surface area (Å²) in [6.45, 7) is 3.13. The zero-order chi connectivity index (χ0) is 14.8. The van der Waals surface area contributed by atoms with Crippen molar-refractivity contribution in [3.8, 4) is 0 Å². The highest BCUT2D eigenvalue weighted by Crippen LogP contribution is 2.31. The Balaban J connectivity index is 2.03. The van der Waals surface area contributed by atoms with Crippen molar-refractivity contribution in [3.63, 3.8) is 0 Å². The normalized spacial score (nSPS) is 18.5. The van der Waals surface area contributed by atoms with Crippen LogP contribution >= 0.6 is 0 Å². The Kier molecular flexibility index (Phi) is 4.13. The zero-order valence-electron chi connectivity index (χ0n) is 13.0. The van der Waals surface area contributed by atoms with Gasteiger partial charge < -0.3 is 10.6 Å². The standard InChI is InChI=1S/C17H26N4/c1-2-21(13-8-4-5-9-13)17-14(16(18)19)11-12-7-3-6-10-15(12)20-17/h11,13H,2-10H2,1H3,(H3,18,19). The third kappa shape index (κ3) is 2.76. The summed E-state index contributed by atoms with van der Waals surface area (Å²) >= 11 is 0. The number of anilines is 1. The van der Waals surface area contributed by atoms with Gasteiger partial charge in [-0.3, -0.25) is 5.41 Å². The molecule has 3 N–H and O–H groups in total. The number of pyridine rings is 1. The van der Waals surface area contributed by atoms with Gasteiger partial charge in [0, 0.05) is 18.3 Å². The monoisotopic (exact) mass is 286 g/mol. The minimum absolute atomic E-state index is 0.155. The van der Waals surface area contributed by atoms with Crippen molar-refractivity contribution in [1.29, 1.82) is 5.41 Å². The molecule has 4 heteroatoms. The second-order valence-electron chi connectivity index (χ2n) is 6.31. The maximum atomic E-state index is 7.94. The predicted molar refractivity (Wildman–Crippen MR) is 87.2 cm³/mol. The largest absolute Gasteiger partial charge is 0.384 e. The summed E-state index contributed by atoms with van der Waals surface area (Å²) in [5, 5.41) is 7.94. The smallest absolute Gasteiger partial charge is 0.140 e. The van der Waals surface area contributed by atoms with Crippen LogP contribution in [0.1, 0.15) is 62.3 Å². The molecular weight excluding hydrogens is 260 g/mol. The molecule has 0 saturated heterocycles.